The molecule has 4 fully saturated rings. The number of fused-ring (bicyclic) bond motifs is 5. The monoisotopic (exact) mass is 1200 g/mol. The Balaban J connectivity index is 0.000000291. The summed E-state index contributed by atoms with van der Waals surface area (Å²) in [6.45, 7) is 23.0. The van der Waals surface area contributed by atoms with E-state index in [1.807, 2.05) is 88.4 Å². The fourth-order valence-corrected chi connectivity index (χ4v) is 13.9. The zero-order valence-electron chi connectivity index (χ0n) is 51.9. The number of carboxylic acids is 1. The maximum atomic E-state index is 15.5. The predicted octanol–water partition coefficient (Wildman–Crippen LogP) is 9.62. The van der Waals surface area contributed by atoms with Crippen molar-refractivity contribution in [3.63, 3.8) is 0 Å². The van der Waals surface area contributed by atoms with Gasteiger partial charge in [-0.3, -0.25) is 14.5 Å². The molecule has 5 aliphatic rings. The zero-order chi connectivity index (χ0) is 64.4. The van der Waals surface area contributed by atoms with Gasteiger partial charge in [0.05, 0.1) is 29.8 Å². The van der Waals surface area contributed by atoms with Crippen LogP contribution >= 0.6 is 0 Å². The molecule has 14 atom stereocenters. The lowest BCUT2D eigenvalue weighted by atomic mass is 9.40. The molecule has 4 N–H and O–H groups in total. The number of esters is 2. The van der Waals surface area contributed by atoms with E-state index >= 15 is 4.79 Å². The molecular formula is C67H82N2O18. The average Bonchev–Trinajstić information content (AvgIpc) is 1.09. The molecule has 468 valence electrons. The van der Waals surface area contributed by atoms with Gasteiger partial charge in [0.2, 0.25) is 0 Å². The summed E-state index contributed by atoms with van der Waals surface area (Å²) in [5, 5.41) is 37.9. The SMILES string of the molecule is CO[C@H]1C[C@H]2OC[C@@]2(OC(C)=O)[C@H]2[C@H](c3ccccc3)[C@]3(O)CC(OC(=O)[C@H](O)[C@@H](NC(=O)OC(C)(C)C)c4ccccc4)C(C)=C([C@@H](C)C(=O)[C@]12C)C3(C)C.Cc1ccc([C@H]2OC(C(=O)O)[C@H](c3ccccc3)N2C(=O)OC(C)(C)C)cc1.O=C=O. The molecule has 2 bridgehead atoms. The molecule has 3 aliphatic carbocycles. The Morgan fingerprint density at radius 3 is 1.83 bits per heavy atom. The van der Waals surface area contributed by atoms with E-state index in [-0.39, 0.29) is 25.0 Å². The van der Waals surface area contributed by atoms with Crippen LogP contribution < -0.4 is 5.32 Å². The number of aryl methyl sites for hydroxylation is 1. The molecule has 2 heterocycles. The van der Waals surface area contributed by atoms with E-state index in [9.17, 15) is 39.3 Å². The third kappa shape index (κ3) is 13.3. The number of carboxylic acid groups (broad SMARTS) is 1. The van der Waals surface area contributed by atoms with E-state index in [0.717, 1.165) is 5.56 Å². The summed E-state index contributed by atoms with van der Waals surface area (Å²) in [5.74, 6) is -5.40. The number of carbonyl (C=O) groups excluding carboxylic acids is 7. The summed E-state index contributed by atoms with van der Waals surface area (Å²) < 4.78 is 41.7. The second kappa shape index (κ2) is 26.0. The number of nitrogens with one attached hydrogen (secondary N) is 1. The minimum Gasteiger partial charge on any atom is -0.479 e. The minimum atomic E-state index is -1.88. The van der Waals surface area contributed by atoms with E-state index < -0.39 is 130 Å². The molecule has 9 rings (SSSR count). The van der Waals surface area contributed by atoms with Gasteiger partial charge in [-0.1, -0.05) is 142 Å². The lowest BCUT2D eigenvalue weighted by molar-refractivity contribution is -0.333. The predicted molar refractivity (Wildman–Crippen MR) is 314 cm³/mol. The highest BCUT2D eigenvalue weighted by Gasteiger charge is 2.77. The van der Waals surface area contributed by atoms with Crippen LogP contribution in [0.4, 0.5) is 9.59 Å². The standard InChI is InChI=1S/C44H57NO11.C22H25NO5.CO2/c1-24-29(54-38(49)35(47)34(28-19-15-12-16-20-28)45-39(50)56-40(4,5)6)22-44(51)33(27-17-13-11-14-18-27)36-42(9,37(48)25(2)32(24)41(44,7)8)30(52-10)21-31-43(36,23-53-31)55-26(3)46;1-14-10-12-16(13-11-14)19-23(21(26)28-22(2,3)4)17(18(27-19)20(24)25)15-8-6-5-7-9-15;2-1-3/h11-20,25,29-31,33-36,47,51H,21-23H2,1-10H3,(H,45,50);5-13,17-19H,1-4H3,(H,24,25);/t25-,29?,30+,31-,33+,34+,35-,36+,42-,43+,44-;17-,18?,19+;/m10./s1. The highest BCUT2D eigenvalue weighted by molar-refractivity contribution is 5.91. The number of Topliss-reactive ketones (excluding diaryl/α,β-unsaturated/α-hetero) is 1. The summed E-state index contributed by atoms with van der Waals surface area (Å²) in [6.07, 6.45) is -7.34. The maximum absolute atomic E-state index is 15.5. The molecule has 2 saturated carbocycles. The number of ketones is 1. The van der Waals surface area contributed by atoms with Gasteiger partial charge < -0.3 is 53.8 Å². The maximum Gasteiger partial charge on any atom is 0.413 e. The molecule has 2 saturated heterocycles. The quantitative estimate of drug-likeness (QED) is 0.0618. The zero-order valence-corrected chi connectivity index (χ0v) is 51.9. The van der Waals surface area contributed by atoms with Gasteiger partial charge in [-0.15, -0.1) is 0 Å². The van der Waals surface area contributed by atoms with E-state index in [0.29, 0.717) is 39.8 Å². The van der Waals surface area contributed by atoms with Crippen molar-refractivity contribution in [1.82, 2.24) is 10.2 Å². The van der Waals surface area contributed by atoms with Crippen molar-refractivity contribution in [2.75, 3.05) is 13.7 Å². The number of amides is 2. The van der Waals surface area contributed by atoms with Gasteiger partial charge in [-0.2, -0.15) is 9.59 Å². The fourth-order valence-electron chi connectivity index (χ4n) is 13.9. The Bertz CT molecular complexity index is 3210. The van der Waals surface area contributed by atoms with Crippen LogP contribution in [0, 0.1) is 29.6 Å². The van der Waals surface area contributed by atoms with Crippen LogP contribution in [-0.2, 0) is 61.9 Å². The van der Waals surface area contributed by atoms with Crippen LogP contribution in [0.25, 0.3) is 0 Å². The molecule has 87 heavy (non-hydrogen) atoms. The van der Waals surface area contributed by atoms with Crippen molar-refractivity contribution in [3.8, 4) is 0 Å². The molecular weight excluding hydrogens is 1120 g/mol. The van der Waals surface area contributed by atoms with Crippen molar-refractivity contribution >= 4 is 42.0 Å². The molecule has 2 unspecified atom stereocenters. The van der Waals surface area contributed by atoms with E-state index in [4.69, 9.17) is 42.7 Å². The number of methoxy groups -OCH3 is 1. The lowest BCUT2D eigenvalue weighted by Gasteiger charge is -2.69. The number of aliphatic carboxylic acids is 1. The molecule has 4 aromatic rings. The molecule has 20 nitrogen and oxygen atoms in total. The molecule has 0 spiro atoms. The number of ether oxygens (including phenoxy) is 7. The summed E-state index contributed by atoms with van der Waals surface area (Å²) in [4.78, 5) is 98.3. The summed E-state index contributed by atoms with van der Waals surface area (Å²) in [5.41, 5.74) is -2.24. The van der Waals surface area contributed by atoms with Gasteiger partial charge in [-0.25, -0.2) is 19.2 Å². The van der Waals surface area contributed by atoms with Crippen molar-refractivity contribution < 1.29 is 86.8 Å². The minimum absolute atomic E-state index is 0.0211. The number of hydrogen-bond acceptors (Lipinski definition) is 17. The van der Waals surface area contributed by atoms with Crippen molar-refractivity contribution in [2.24, 2.45) is 22.7 Å². The van der Waals surface area contributed by atoms with Crippen LogP contribution in [0.15, 0.2) is 126 Å². The molecule has 2 amide bonds. The third-order valence-electron chi connectivity index (χ3n) is 17.6. The lowest BCUT2D eigenvalue weighted by Crippen LogP contribution is -2.79. The Morgan fingerprint density at radius 1 is 0.793 bits per heavy atom. The third-order valence-corrected chi connectivity index (χ3v) is 17.6. The van der Waals surface area contributed by atoms with Crippen LogP contribution in [0.5, 0.6) is 0 Å². The van der Waals surface area contributed by atoms with Gasteiger partial charge in [0, 0.05) is 55.6 Å². The second-order valence-electron chi connectivity index (χ2n) is 25.8. The van der Waals surface area contributed by atoms with Crippen LogP contribution in [-0.4, -0.2) is 129 Å². The van der Waals surface area contributed by atoms with Crippen LogP contribution in [0.2, 0.25) is 0 Å². The smallest absolute Gasteiger partial charge is 0.413 e. The summed E-state index contributed by atoms with van der Waals surface area (Å²) in [7, 11) is 1.56. The highest BCUT2D eigenvalue weighted by atomic mass is 16.6. The number of benzene rings is 4. The van der Waals surface area contributed by atoms with Crippen molar-refractivity contribution in [3.05, 3.63) is 154 Å². The first-order valence-electron chi connectivity index (χ1n) is 29.0. The molecule has 20 heteroatoms. The number of aliphatic hydroxyl groups is 2. The largest absolute Gasteiger partial charge is 0.479 e. The van der Waals surface area contributed by atoms with Crippen molar-refractivity contribution in [1.29, 1.82) is 0 Å². The first-order valence-corrected chi connectivity index (χ1v) is 29.0. The number of alkyl carbamates (subject to hydrolysis) is 1. The van der Waals surface area contributed by atoms with Crippen molar-refractivity contribution in [2.45, 2.75) is 180 Å². The highest BCUT2D eigenvalue weighted by Crippen LogP contribution is 2.69. The van der Waals surface area contributed by atoms with Gasteiger partial charge >= 0.3 is 36.2 Å². The first-order chi connectivity index (χ1) is 40.7. The number of carbonyl (C=O) groups is 6. The second-order valence-corrected chi connectivity index (χ2v) is 25.8. The Kier molecular flexibility index (Phi) is 20.0. The molecule has 4 aromatic carbocycles. The van der Waals surface area contributed by atoms with Gasteiger partial charge in [0.25, 0.3) is 0 Å². The molecule has 0 aromatic heterocycles. The van der Waals surface area contributed by atoms with Gasteiger partial charge in [-0.05, 0) is 90.2 Å². The topological polar surface area (TPSA) is 277 Å². The Morgan fingerprint density at radius 2 is 1.33 bits per heavy atom. The van der Waals surface area contributed by atoms with Gasteiger partial charge in [0.1, 0.15) is 35.2 Å². The average molecular weight is 1200 g/mol. The molecule has 0 radical (unpaired) electrons. The number of aliphatic hydroxyl groups excluding tert-OH is 1. The number of rotatable bonds is 11. The van der Waals surface area contributed by atoms with E-state index in [1.54, 1.807) is 117 Å². The number of hydrogen-bond donors (Lipinski definition) is 4. The fraction of sp³-hybridized carbons (Fsp3) is 0.507. The Hall–Kier alpha value is -7.58. The van der Waals surface area contributed by atoms with Gasteiger partial charge in [0.15, 0.2) is 24.0 Å². The molecule has 2 aliphatic heterocycles. The van der Waals surface area contributed by atoms with E-state index in [2.05, 4.69) is 5.32 Å². The Labute approximate surface area is 507 Å². The summed E-state index contributed by atoms with van der Waals surface area (Å²) in [6, 6.07) is 32.3. The van der Waals surface area contributed by atoms with Crippen LogP contribution in [0.3, 0.4) is 0 Å². The van der Waals surface area contributed by atoms with Crippen LogP contribution in [0.1, 0.15) is 148 Å². The number of nitrogens with zero attached hydrogens (tertiary/aromatic N) is 1. The van der Waals surface area contributed by atoms with E-state index in [1.165, 1.54) is 11.8 Å². The summed E-state index contributed by atoms with van der Waals surface area (Å²) >= 11 is 0. The normalized spacial score (nSPS) is 29.5. The first kappa shape index (κ1) is 66.9.